The molecule has 0 aliphatic heterocycles. The van der Waals surface area contributed by atoms with Crippen molar-refractivity contribution in [1.29, 1.82) is 0 Å². The number of hydrogen-bond acceptors (Lipinski definition) is 5. The van der Waals surface area contributed by atoms with Gasteiger partial charge >= 0.3 is 0 Å². The van der Waals surface area contributed by atoms with Crippen LogP contribution in [0.4, 0.5) is 0 Å². The van der Waals surface area contributed by atoms with Crippen LogP contribution in [-0.4, -0.2) is 24.5 Å². The molecule has 0 aliphatic rings. The van der Waals surface area contributed by atoms with Crippen molar-refractivity contribution < 1.29 is 0 Å². The topological polar surface area (TPSA) is 56.5 Å². The molecule has 0 spiro atoms. The molecule has 68 heavy (non-hydrogen) atoms. The number of fused-ring (bicyclic) bond motifs is 7. The van der Waals surface area contributed by atoms with Crippen LogP contribution in [0.15, 0.2) is 237 Å². The Balaban J connectivity index is 1.10. The van der Waals surface area contributed by atoms with Gasteiger partial charge in [-0.25, -0.2) is 15.0 Å². The summed E-state index contributed by atoms with van der Waals surface area (Å²) in [6.07, 6.45) is 2.03. The number of aromatic nitrogens is 5. The maximum atomic E-state index is 5.54. The van der Waals surface area contributed by atoms with Crippen LogP contribution < -0.4 is 0 Å². The minimum absolute atomic E-state index is 0.549. The van der Waals surface area contributed by atoms with Crippen molar-refractivity contribution in [2.24, 2.45) is 0 Å². The number of benzene rings is 9. The second-order valence-corrected chi connectivity index (χ2v) is 18.0. The Morgan fingerprint density at radius 2 is 0.926 bits per heavy atom. The molecule has 0 N–H and O–H groups in total. The van der Waals surface area contributed by atoms with E-state index in [1.807, 2.05) is 53.9 Å². The zero-order valence-corrected chi connectivity index (χ0v) is 37.5. The summed E-state index contributed by atoms with van der Waals surface area (Å²) in [4.78, 5) is 21.3. The first kappa shape index (κ1) is 39.5. The maximum absolute atomic E-state index is 5.54. The lowest BCUT2D eigenvalue weighted by atomic mass is 9.90. The number of rotatable bonds is 8. The zero-order chi connectivity index (χ0) is 45.0. The lowest BCUT2D eigenvalue weighted by Gasteiger charge is -2.17. The Kier molecular flexibility index (Phi) is 9.62. The van der Waals surface area contributed by atoms with Crippen LogP contribution in [-0.2, 0) is 0 Å². The Morgan fingerprint density at radius 1 is 0.338 bits per heavy atom. The fourth-order valence-electron chi connectivity index (χ4n) is 9.78. The number of pyridine rings is 1. The summed E-state index contributed by atoms with van der Waals surface area (Å²) in [7, 11) is 0. The van der Waals surface area contributed by atoms with Crippen LogP contribution in [0.25, 0.3) is 126 Å². The molecule has 0 fully saturated rings. The maximum Gasteiger partial charge on any atom is 0.166 e. The highest BCUT2D eigenvalue weighted by atomic mass is 32.1. The minimum Gasteiger partial charge on any atom is -0.309 e. The summed E-state index contributed by atoms with van der Waals surface area (Å²) < 4.78 is 4.82. The molecule has 0 unspecified atom stereocenters. The van der Waals surface area contributed by atoms with Gasteiger partial charge in [0.05, 0.1) is 16.7 Å². The summed E-state index contributed by atoms with van der Waals surface area (Å²) in [6, 6.07) is 81.1. The van der Waals surface area contributed by atoms with E-state index in [0.717, 1.165) is 72.4 Å². The van der Waals surface area contributed by atoms with E-state index >= 15 is 0 Å². The number of para-hydroxylation sites is 2. The van der Waals surface area contributed by atoms with Gasteiger partial charge in [0.1, 0.15) is 0 Å². The van der Waals surface area contributed by atoms with Crippen LogP contribution in [0.2, 0.25) is 0 Å². The molecule has 0 aliphatic carbocycles. The van der Waals surface area contributed by atoms with Gasteiger partial charge in [-0.2, -0.15) is 0 Å². The summed E-state index contributed by atoms with van der Waals surface area (Å²) in [5.41, 5.74) is 14.5. The largest absolute Gasteiger partial charge is 0.309 e. The standard InChI is InChI=1S/C62H39N5S/c1-6-19-40(20-7-1)44-33-34-47(41-21-8-2-9-22-41)51(37-44)45-38-52(62-65-60(42-23-10-3-11-24-42)64-61(66-62)43-25-12-4-13-26-43)58(63-39-45)49-30-18-32-55-56(49)50-35-36-54-57(59(50)68-55)48-29-16-17-31-53(48)67(54)46-27-14-5-15-28-46/h1-39H. The molecule has 0 radical (unpaired) electrons. The van der Waals surface area contributed by atoms with Crippen LogP contribution in [0, 0.1) is 0 Å². The van der Waals surface area contributed by atoms with Crippen molar-refractivity contribution in [1.82, 2.24) is 24.5 Å². The number of thiophene rings is 1. The predicted molar refractivity (Wildman–Crippen MR) is 283 cm³/mol. The number of nitrogens with zero attached hydrogens (tertiary/aromatic N) is 5. The van der Waals surface area contributed by atoms with E-state index in [9.17, 15) is 0 Å². The highest BCUT2D eigenvalue weighted by Gasteiger charge is 2.24. The fraction of sp³-hybridized carbons (Fsp3) is 0. The van der Waals surface area contributed by atoms with E-state index in [1.165, 1.54) is 36.6 Å². The molecule has 0 bridgehead atoms. The van der Waals surface area contributed by atoms with E-state index in [1.54, 1.807) is 0 Å². The molecule has 4 heterocycles. The van der Waals surface area contributed by atoms with E-state index in [4.69, 9.17) is 19.9 Å². The smallest absolute Gasteiger partial charge is 0.166 e. The first-order valence-electron chi connectivity index (χ1n) is 22.8. The van der Waals surface area contributed by atoms with Gasteiger partial charge in [-0.05, 0) is 70.3 Å². The van der Waals surface area contributed by atoms with Crippen LogP contribution in [0.5, 0.6) is 0 Å². The summed E-state index contributed by atoms with van der Waals surface area (Å²) in [6.45, 7) is 0. The van der Waals surface area contributed by atoms with Crippen LogP contribution in [0.1, 0.15) is 0 Å². The van der Waals surface area contributed by atoms with Gasteiger partial charge in [0, 0.05) is 70.6 Å². The molecule has 0 amide bonds. The van der Waals surface area contributed by atoms with E-state index in [-0.39, 0.29) is 0 Å². The lowest BCUT2D eigenvalue weighted by molar-refractivity contribution is 1.07. The molecule has 0 saturated carbocycles. The van der Waals surface area contributed by atoms with Gasteiger partial charge in [0.2, 0.25) is 0 Å². The second kappa shape index (κ2) is 16.5. The summed E-state index contributed by atoms with van der Waals surface area (Å²) in [5.74, 6) is 1.74. The Morgan fingerprint density at radius 3 is 1.62 bits per heavy atom. The third-order valence-corrected chi connectivity index (χ3v) is 14.1. The Labute approximate surface area is 397 Å². The molecular formula is C62H39N5S. The molecule has 13 aromatic rings. The van der Waals surface area contributed by atoms with E-state index < -0.39 is 0 Å². The molecular weight excluding hydrogens is 847 g/mol. The van der Waals surface area contributed by atoms with Gasteiger partial charge in [0.15, 0.2) is 17.5 Å². The van der Waals surface area contributed by atoms with Crippen LogP contribution >= 0.6 is 11.3 Å². The van der Waals surface area contributed by atoms with Gasteiger partial charge in [0.25, 0.3) is 0 Å². The van der Waals surface area contributed by atoms with Crippen molar-refractivity contribution in [3.63, 3.8) is 0 Å². The molecule has 0 atom stereocenters. The first-order chi connectivity index (χ1) is 33.7. The SMILES string of the molecule is c1ccc(-c2ccc(-c3ccccc3)c(-c3cnc(-c4cccc5sc6c(ccc7c6c6ccccc6n7-c6ccccc6)c45)c(-c4nc(-c5ccccc5)nc(-c5ccccc5)n4)c3)c2)cc1. The molecule has 13 rings (SSSR count). The highest BCUT2D eigenvalue weighted by molar-refractivity contribution is 7.27. The van der Waals surface area contributed by atoms with Gasteiger partial charge in [-0.3, -0.25) is 4.98 Å². The molecule has 0 saturated heterocycles. The first-order valence-corrected chi connectivity index (χ1v) is 23.6. The van der Waals surface area contributed by atoms with Crippen molar-refractivity contribution in [3.8, 4) is 84.5 Å². The summed E-state index contributed by atoms with van der Waals surface area (Å²) in [5, 5.41) is 4.83. The quantitative estimate of drug-likeness (QED) is 0.153. The van der Waals surface area contributed by atoms with Crippen molar-refractivity contribution in [2.45, 2.75) is 0 Å². The monoisotopic (exact) mass is 885 g/mol. The van der Waals surface area contributed by atoms with Gasteiger partial charge in [-0.1, -0.05) is 188 Å². The van der Waals surface area contributed by atoms with E-state index in [0.29, 0.717) is 17.5 Å². The van der Waals surface area contributed by atoms with Gasteiger partial charge in [-0.15, -0.1) is 11.3 Å². The lowest BCUT2D eigenvalue weighted by Crippen LogP contribution is -2.02. The minimum atomic E-state index is 0.549. The average molecular weight is 886 g/mol. The Hall–Kier alpha value is -8.84. The zero-order valence-electron chi connectivity index (χ0n) is 36.7. The highest BCUT2D eigenvalue weighted by Crippen LogP contribution is 2.48. The molecule has 5 nitrogen and oxygen atoms in total. The van der Waals surface area contributed by atoms with Crippen molar-refractivity contribution >= 4 is 53.3 Å². The van der Waals surface area contributed by atoms with Crippen molar-refractivity contribution in [2.75, 3.05) is 0 Å². The fourth-order valence-corrected chi connectivity index (χ4v) is 11.1. The third kappa shape index (κ3) is 6.77. The molecule has 318 valence electrons. The molecule has 6 heteroatoms. The van der Waals surface area contributed by atoms with E-state index in [2.05, 4.69) is 199 Å². The Bertz CT molecular complexity index is 3940. The second-order valence-electron chi connectivity index (χ2n) is 17.0. The van der Waals surface area contributed by atoms with Crippen LogP contribution in [0.3, 0.4) is 0 Å². The van der Waals surface area contributed by atoms with Gasteiger partial charge < -0.3 is 4.57 Å². The number of hydrogen-bond donors (Lipinski definition) is 0. The average Bonchev–Trinajstić information content (AvgIpc) is 3.98. The molecule has 4 aromatic heterocycles. The normalized spacial score (nSPS) is 11.5. The summed E-state index contributed by atoms with van der Waals surface area (Å²) >= 11 is 1.84. The third-order valence-electron chi connectivity index (χ3n) is 12.9. The predicted octanol–water partition coefficient (Wildman–Crippen LogP) is 16.4. The molecule has 9 aromatic carbocycles. The van der Waals surface area contributed by atoms with Crippen molar-refractivity contribution in [3.05, 3.63) is 237 Å².